The summed E-state index contributed by atoms with van der Waals surface area (Å²) in [4.78, 5) is 0. The number of hydrogen-bond acceptors (Lipinski definition) is 2. The third-order valence-electron chi connectivity index (χ3n) is 6.95. The Morgan fingerprint density at radius 1 is 1.13 bits per heavy atom. The minimum atomic E-state index is -0.124. The summed E-state index contributed by atoms with van der Waals surface area (Å²) in [7, 11) is 0. The van der Waals surface area contributed by atoms with Crippen molar-refractivity contribution in [3.63, 3.8) is 0 Å². The third kappa shape index (κ3) is 6.36. The van der Waals surface area contributed by atoms with Gasteiger partial charge < -0.3 is 9.47 Å². The molecule has 4 rings (SSSR count). The smallest absolute Gasteiger partial charge is 0.200 e. The standard InChI is InChI=1S/C28H44O2/c1-7-25(21(2)3)23-13-15-24(16-14-23)29-26(12-8-9-17-27(4,5)6)30-28-18-10-11-22(19-28)20-28/h7,13-16,21-22,26H,8-12,17-20H2,1-6H3. The highest BCUT2D eigenvalue weighted by molar-refractivity contribution is 5.67. The normalized spacial score (nSPS) is 25.2. The van der Waals surface area contributed by atoms with Crippen LogP contribution in [0.2, 0.25) is 0 Å². The number of unbranched alkanes of at least 4 members (excludes halogenated alkanes) is 1. The van der Waals surface area contributed by atoms with Gasteiger partial charge >= 0.3 is 0 Å². The van der Waals surface area contributed by atoms with Crippen molar-refractivity contribution in [3.8, 4) is 5.75 Å². The van der Waals surface area contributed by atoms with E-state index in [-0.39, 0.29) is 11.9 Å². The molecule has 2 heteroatoms. The first-order valence-electron chi connectivity index (χ1n) is 12.3. The maximum Gasteiger partial charge on any atom is 0.200 e. The maximum absolute atomic E-state index is 6.68. The van der Waals surface area contributed by atoms with Crippen LogP contribution >= 0.6 is 0 Å². The van der Waals surface area contributed by atoms with Crippen LogP contribution in [0.1, 0.15) is 105 Å². The predicted molar refractivity (Wildman–Crippen MR) is 128 cm³/mol. The van der Waals surface area contributed by atoms with Crippen LogP contribution in [0.25, 0.3) is 5.57 Å². The molecule has 0 saturated heterocycles. The SMILES string of the molecule is CC=C(c1ccc(OC(CCCCC(C)(C)C)OC23CCCC(C2)C3)cc1)C(C)C. The van der Waals surface area contributed by atoms with Crippen molar-refractivity contribution in [3.05, 3.63) is 35.9 Å². The Morgan fingerprint density at radius 3 is 2.37 bits per heavy atom. The molecule has 0 heterocycles. The number of hydrogen-bond donors (Lipinski definition) is 0. The number of benzene rings is 1. The number of ether oxygens (including phenoxy) is 2. The Kier molecular flexibility index (Phi) is 7.71. The minimum absolute atomic E-state index is 0.104. The zero-order valence-electron chi connectivity index (χ0n) is 20.3. The van der Waals surface area contributed by atoms with Crippen molar-refractivity contribution in [2.75, 3.05) is 0 Å². The molecule has 0 N–H and O–H groups in total. The second-order valence-electron chi connectivity index (χ2n) is 11.2. The van der Waals surface area contributed by atoms with Crippen LogP contribution in [0.5, 0.6) is 5.75 Å². The molecule has 1 aromatic carbocycles. The molecule has 1 unspecified atom stereocenters. The first kappa shape index (κ1) is 23.4. The fourth-order valence-electron chi connectivity index (χ4n) is 5.37. The van der Waals surface area contributed by atoms with E-state index in [9.17, 15) is 0 Å². The third-order valence-corrected chi connectivity index (χ3v) is 6.95. The number of allylic oxidation sites excluding steroid dienone is 2. The molecule has 3 fully saturated rings. The lowest BCUT2D eigenvalue weighted by molar-refractivity contribution is -0.236. The molecule has 1 atom stereocenters. The minimum Gasteiger partial charge on any atom is -0.465 e. The van der Waals surface area contributed by atoms with Crippen molar-refractivity contribution in [2.45, 2.75) is 111 Å². The molecular weight excluding hydrogens is 368 g/mol. The molecule has 1 aromatic rings. The van der Waals surface area contributed by atoms with Crippen molar-refractivity contribution in [1.29, 1.82) is 0 Å². The van der Waals surface area contributed by atoms with Crippen LogP contribution in [0.3, 0.4) is 0 Å². The molecule has 3 aliphatic rings. The van der Waals surface area contributed by atoms with E-state index in [1.54, 1.807) is 0 Å². The van der Waals surface area contributed by atoms with Crippen LogP contribution in [-0.2, 0) is 4.74 Å². The van der Waals surface area contributed by atoms with Crippen LogP contribution in [0.15, 0.2) is 30.3 Å². The van der Waals surface area contributed by atoms with Gasteiger partial charge in [-0.3, -0.25) is 0 Å². The van der Waals surface area contributed by atoms with E-state index in [1.807, 2.05) is 0 Å². The topological polar surface area (TPSA) is 18.5 Å². The molecule has 0 aromatic heterocycles. The lowest BCUT2D eigenvalue weighted by Gasteiger charge is -2.53. The summed E-state index contributed by atoms with van der Waals surface area (Å²) in [6.45, 7) is 13.6. The van der Waals surface area contributed by atoms with E-state index < -0.39 is 0 Å². The van der Waals surface area contributed by atoms with Crippen LogP contribution in [0, 0.1) is 17.3 Å². The first-order valence-corrected chi connectivity index (χ1v) is 12.3. The summed E-state index contributed by atoms with van der Waals surface area (Å²) >= 11 is 0. The van der Waals surface area contributed by atoms with Crippen molar-refractivity contribution in [1.82, 2.24) is 0 Å². The molecule has 2 nitrogen and oxygen atoms in total. The predicted octanol–water partition coefficient (Wildman–Crippen LogP) is 8.41. The molecule has 2 bridgehead atoms. The lowest BCUT2D eigenvalue weighted by atomic mass is 9.61. The average Bonchev–Trinajstić information content (AvgIpc) is 2.66. The second kappa shape index (κ2) is 9.90. The van der Waals surface area contributed by atoms with E-state index in [0.29, 0.717) is 11.3 Å². The molecule has 168 valence electrons. The van der Waals surface area contributed by atoms with Crippen molar-refractivity contribution < 1.29 is 9.47 Å². The van der Waals surface area contributed by atoms with Gasteiger partial charge in [0.1, 0.15) is 5.75 Å². The number of rotatable bonds is 10. The highest BCUT2D eigenvalue weighted by Crippen LogP contribution is 2.52. The van der Waals surface area contributed by atoms with Gasteiger partial charge in [-0.2, -0.15) is 0 Å². The molecule has 30 heavy (non-hydrogen) atoms. The van der Waals surface area contributed by atoms with E-state index in [4.69, 9.17) is 9.47 Å². The second-order valence-corrected chi connectivity index (χ2v) is 11.2. The van der Waals surface area contributed by atoms with Gasteiger partial charge in [0.2, 0.25) is 0 Å². The van der Waals surface area contributed by atoms with Gasteiger partial charge in [0.05, 0.1) is 5.60 Å². The largest absolute Gasteiger partial charge is 0.465 e. The van der Waals surface area contributed by atoms with E-state index in [0.717, 1.165) is 24.5 Å². The van der Waals surface area contributed by atoms with Gasteiger partial charge in [0.25, 0.3) is 0 Å². The molecular formula is C28H44O2. The highest BCUT2D eigenvalue weighted by atomic mass is 16.7. The highest BCUT2D eigenvalue weighted by Gasteiger charge is 2.49. The zero-order valence-corrected chi connectivity index (χ0v) is 20.3. The van der Waals surface area contributed by atoms with Crippen LogP contribution in [0.4, 0.5) is 0 Å². The molecule has 0 amide bonds. The van der Waals surface area contributed by atoms with Gasteiger partial charge in [0.15, 0.2) is 6.29 Å². The summed E-state index contributed by atoms with van der Waals surface area (Å²) in [5, 5.41) is 0. The fraction of sp³-hybridized carbons (Fsp3) is 0.714. The first-order chi connectivity index (χ1) is 14.2. The molecule has 3 aliphatic carbocycles. The summed E-state index contributed by atoms with van der Waals surface area (Å²) in [6.07, 6.45) is 13.1. The summed E-state index contributed by atoms with van der Waals surface area (Å²) in [6, 6.07) is 8.63. The fourth-order valence-corrected chi connectivity index (χ4v) is 5.37. The Labute approximate surface area is 185 Å². The molecule has 3 saturated carbocycles. The summed E-state index contributed by atoms with van der Waals surface area (Å²) < 4.78 is 13.1. The lowest BCUT2D eigenvalue weighted by Crippen LogP contribution is -2.52. The van der Waals surface area contributed by atoms with Crippen LogP contribution in [-0.4, -0.2) is 11.9 Å². The quantitative estimate of drug-likeness (QED) is 0.284. The zero-order chi connectivity index (χ0) is 21.8. The van der Waals surface area contributed by atoms with Crippen molar-refractivity contribution >= 4 is 5.57 Å². The summed E-state index contributed by atoms with van der Waals surface area (Å²) in [5.41, 5.74) is 3.18. The number of fused-ring (bicyclic) bond motifs is 2. The maximum atomic E-state index is 6.68. The Bertz CT molecular complexity index is 681. The Balaban J connectivity index is 1.62. The van der Waals surface area contributed by atoms with Gasteiger partial charge in [-0.05, 0) is 79.5 Å². The molecule has 0 spiro atoms. The van der Waals surface area contributed by atoms with Gasteiger partial charge in [-0.15, -0.1) is 0 Å². The van der Waals surface area contributed by atoms with Crippen molar-refractivity contribution in [2.24, 2.45) is 17.3 Å². The monoisotopic (exact) mass is 412 g/mol. The summed E-state index contributed by atoms with van der Waals surface area (Å²) in [5.74, 6) is 2.36. The Hall–Kier alpha value is -1.28. The van der Waals surface area contributed by atoms with Gasteiger partial charge in [-0.25, -0.2) is 0 Å². The Morgan fingerprint density at radius 2 is 1.83 bits per heavy atom. The molecule has 0 aliphatic heterocycles. The van der Waals surface area contributed by atoms with Gasteiger partial charge in [0, 0.05) is 6.42 Å². The average molecular weight is 413 g/mol. The van der Waals surface area contributed by atoms with E-state index >= 15 is 0 Å². The van der Waals surface area contributed by atoms with E-state index in [2.05, 4.69) is 71.9 Å². The van der Waals surface area contributed by atoms with Gasteiger partial charge in [-0.1, -0.05) is 72.1 Å². The van der Waals surface area contributed by atoms with E-state index in [1.165, 1.54) is 56.1 Å². The molecule has 0 radical (unpaired) electrons. The van der Waals surface area contributed by atoms with Crippen LogP contribution < -0.4 is 4.74 Å².